The molecule has 1 aliphatic heterocycles. The molecule has 0 N–H and O–H groups in total. The number of carbonyl (C=O) groups excluding carboxylic acids is 2. The zero-order chi connectivity index (χ0) is 18.3. The molecule has 0 aromatic carbocycles. The van der Waals surface area contributed by atoms with Crippen molar-refractivity contribution in [1.82, 2.24) is 4.90 Å². The molecule has 1 rings (SSSR count). The van der Waals surface area contributed by atoms with E-state index in [1.54, 1.807) is 4.90 Å². The first-order valence-corrected chi connectivity index (χ1v) is 10.1. The lowest BCUT2D eigenvalue weighted by molar-refractivity contribution is -0.145. The number of unbranched alkanes of at least 4 members (excludes halogenated alkanes) is 8. The minimum atomic E-state index is -0.141. The Morgan fingerprint density at radius 1 is 1.08 bits per heavy atom. The molecule has 0 aromatic heterocycles. The lowest BCUT2D eigenvalue weighted by atomic mass is 10.1. The highest BCUT2D eigenvalue weighted by Crippen LogP contribution is 2.11. The van der Waals surface area contributed by atoms with Crippen LogP contribution in [0.25, 0.3) is 0 Å². The minimum Gasteiger partial charge on any atom is -0.464 e. The summed E-state index contributed by atoms with van der Waals surface area (Å²) >= 11 is 0. The number of esters is 1. The van der Waals surface area contributed by atoms with Crippen molar-refractivity contribution in [1.29, 1.82) is 0 Å². The van der Waals surface area contributed by atoms with E-state index >= 15 is 0 Å². The summed E-state index contributed by atoms with van der Waals surface area (Å²) in [5.74, 6) is -0.0635. The number of rotatable bonds is 13. The summed E-state index contributed by atoms with van der Waals surface area (Å²) in [7, 11) is 0. The molecule has 0 saturated heterocycles. The SMILES string of the molecule is CCCCCCCCCCCC(=O)OCCN1CCN=C(C)CC1=O. The van der Waals surface area contributed by atoms with Crippen LogP contribution in [0.5, 0.6) is 0 Å². The third-order valence-corrected chi connectivity index (χ3v) is 4.62. The number of ether oxygens (including phenoxy) is 1. The smallest absolute Gasteiger partial charge is 0.305 e. The van der Waals surface area contributed by atoms with Crippen LogP contribution in [0.15, 0.2) is 4.99 Å². The first-order chi connectivity index (χ1) is 12.1. The quantitative estimate of drug-likeness (QED) is 0.370. The molecule has 144 valence electrons. The van der Waals surface area contributed by atoms with Crippen molar-refractivity contribution in [2.24, 2.45) is 4.99 Å². The predicted molar refractivity (Wildman–Crippen MR) is 102 cm³/mol. The summed E-state index contributed by atoms with van der Waals surface area (Å²) in [6.45, 7) is 6.15. The molecule has 0 aliphatic carbocycles. The first-order valence-electron chi connectivity index (χ1n) is 10.1. The highest BCUT2D eigenvalue weighted by Gasteiger charge is 2.17. The van der Waals surface area contributed by atoms with Gasteiger partial charge in [-0.2, -0.15) is 0 Å². The van der Waals surface area contributed by atoms with E-state index in [9.17, 15) is 9.59 Å². The summed E-state index contributed by atoms with van der Waals surface area (Å²) in [6, 6.07) is 0. The second kappa shape index (κ2) is 13.9. The average Bonchev–Trinajstić information content (AvgIpc) is 2.74. The number of amides is 1. The van der Waals surface area contributed by atoms with Gasteiger partial charge < -0.3 is 9.64 Å². The van der Waals surface area contributed by atoms with E-state index in [2.05, 4.69) is 11.9 Å². The maximum Gasteiger partial charge on any atom is 0.305 e. The van der Waals surface area contributed by atoms with E-state index in [0.29, 0.717) is 39.1 Å². The Balaban J connectivity index is 1.96. The molecule has 0 radical (unpaired) electrons. The van der Waals surface area contributed by atoms with Gasteiger partial charge in [-0.05, 0) is 13.3 Å². The zero-order valence-corrected chi connectivity index (χ0v) is 16.2. The van der Waals surface area contributed by atoms with Gasteiger partial charge in [-0.25, -0.2) is 0 Å². The fraction of sp³-hybridized carbons (Fsp3) is 0.850. The topological polar surface area (TPSA) is 59.0 Å². The number of aliphatic imine (C=N–C) groups is 1. The van der Waals surface area contributed by atoms with Gasteiger partial charge in [-0.1, -0.05) is 58.3 Å². The third-order valence-electron chi connectivity index (χ3n) is 4.62. The van der Waals surface area contributed by atoms with E-state index in [1.807, 2.05) is 6.92 Å². The summed E-state index contributed by atoms with van der Waals surface area (Å²) in [5.41, 5.74) is 0.884. The van der Waals surface area contributed by atoms with Crippen LogP contribution in [-0.2, 0) is 14.3 Å². The van der Waals surface area contributed by atoms with Crippen molar-refractivity contribution < 1.29 is 14.3 Å². The normalized spacial score (nSPS) is 15.0. The Bertz CT molecular complexity index is 421. The van der Waals surface area contributed by atoms with Crippen LogP contribution in [0.1, 0.15) is 84.5 Å². The van der Waals surface area contributed by atoms with E-state index < -0.39 is 0 Å². The van der Waals surface area contributed by atoms with Gasteiger partial charge >= 0.3 is 5.97 Å². The number of nitrogens with zero attached hydrogens (tertiary/aromatic N) is 2. The summed E-state index contributed by atoms with van der Waals surface area (Å²) in [6.07, 6.45) is 12.0. The van der Waals surface area contributed by atoms with Gasteiger partial charge in [0.05, 0.1) is 19.5 Å². The van der Waals surface area contributed by atoms with Crippen LogP contribution in [0.2, 0.25) is 0 Å². The Morgan fingerprint density at radius 2 is 1.72 bits per heavy atom. The third kappa shape index (κ3) is 11.0. The summed E-state index contributed by atoms with van der Waals surface area (Å²) < 4.78 is 5.26. The Hall–Kier alpha value is -1.39. The fourth-order valence-corrected chi connectivity index (χ4v) is 3.03. The van der Waals surface area contributed by atoms with Crippen LogP contribution < -0.4 is 0 Å². The van der Waals surface area contributed by atoms with Gasteiger partial charge in [-0.3, -0.25) is 14.6 Å². The number of hydrogen-bond acceptors (Lipinski definition) is 4. The Morgan fingerprint density at radius 3 is 2.40 bits per heavy atom. The molecule has 0 aromatic rings. The van der Waals surface area contributed by atoms with Gasteiger partial charge in [0.15, 0.2) is 0 Å². The summed E-state index contributed by atoms with van der Waals surface area (Å²) in [5, 5.41) is 0. The zero-order valence-electron chi connectivity index (χ0n) is 16.2. The molecule has 0 bridgehead atoms. The number of carbonyl (C=O) groups is 2. The van der Waals surface area contributed by atoms with Gasteiger partial charge in [-0.15, -0.1) is 0 Å². The Labute approximate surface area is 153 Å². The van der Waals surface area contributed by atoms with E-state index in [-0.39, 0.29) is 11.9 Å². The lowest BCUT2D eigenvalue weighted by Crippen LogP contribution is -2.35. The van der Waals surface area contributed by atoms with Gasteiger partial charge in [0.2, 0.25) is 5.91 Å². The molecule has 0 spiro atoms. The van der Waals surface area contributed by atoms with Crippen LogP contribution in [-0.4, -0.2) is 48.7 Å². The molecule has 0 unspecified atom stereocenters. The largest absolute Gasteiger partial charge is 0.464 e. The molecular formula is C20H36N2O3. The van der Waals surface area contributed by atoms with Crippen LogP contribution in [0.4, 0.5) is 0 Å². The molecule has 1 aliphatic rings. The Kier molecular flexibility index (Phi) is 12.0. The van der Waals surface area contributed by atoms with Gasteiger partial charge in [0, 0.05) is 18.7 Å². The van der Waals surface area contributed by atoms with Crippen LogP contribution in [0.3, 0.4) is 0 Å². The predicted octanol–water partition coefficient (Wildman–Crippen LogP) is 4.14. The minimum absolute atomic E-state index is 0.0775. The standard InChI is InChI=1S/C20H36N2O3/c1-3-4-5-6-7-8-9-10-11-12-20(24)25-16-15-22-14-13-21-18(2)17-19(22)23/h3-17H2,1-2H3. The molecule has 5 nitrogen and oxygen atoms in total. The molecule has 1 heterocycles. The van der Waals surface area contributed by atoms with Gasteiger partial charge in [0.1, 0.15) is 6.61 Å². The maximum atomic E-state index is 12.0. The van der Waals surface area contributed by atoms with Crippen molar-refractivity contribution in [2.45, 2.75) is 84.5 Å². The van der Waals surface area contributed by atoms with Crippen LogP contribution >= 0.6 is 0 Å². The molecule has 25 heavy (non-hydrogen) atoms. The maximum absolute atomic E-state index is 12.0. The second-order valence-corrected chi connectivity index (χ2v) is 6.97. The van der Waals surface area contributed by atoms with E-state index in [4.69, 9.17) is 4.74 Å². The van der Waals surface area contributed by atoms with E-state index in [1.165, 1.54) is 44.9 Å². The fourth-order valence-electron chi connectivity index (χ4n) is 3.03. The molecule has 1 amide bonds. The molecule has 5 heteroatoms. The van der Waals surface area contributed by atoms with E-state index in [0.717, 1.165) is 18.6 Å². The average molecular weight is 353 g/mol. The van der Waals surface area contributed by atoms with Crippen molar-refractivity contribution >= 4 is 17.6 Å². The molecule has 0 saturated carbocycles. The van der Waals surface area contributed by atoms with Crippen molar-refractivity contribution in [3.05, 3.63) is 0 Å². The highest BCUT2D eigenvalue weighted by atomic mass is 16.5. The monoisotopic (exact) mass is 352 g/mol. The van der Waals surface area contributed by atoms with Crippen molar-refractivity contribution in [2.75, 3.05) is 26.2 Å². The first kappa shape index (κ1) is 21.7. The molecule has 0 fully saturated rings. The summed E-state index contributed by atoms with van der Waals surface area (Å²) in [4.78, 5) is 29.7. The van der Waals surface area contributed by atoms with Crippen LogP contribution in [0, 0.1) is 0 Å². The second-order valence-electron chi connectivity index (χ2n) is 6.97. The molecule has 0 atom stereocenters. The number of hydrogen-bond donors (Lipinski definition) is 0. The van der Waals surface area contributed by atoms with Gasteiger partial charge in [0.25, 0.3) is 0 Å². The van der Waals surface area contributed by atoms with Crippen molar-refractivity contribution in [3.63, 3.8) is 0 Å². The molecular weight excluding hydrogens is 316 g/mol. The van der Waals surface area contributed by atoms with Crippen molar-refractivity contribution in [3.8, 4) is 0 Å². The lowest BCUT2D eigenvalue weighted by Gasteiger charge is -2.19. The highest BCUT2D eigenvalue weighted by molar-refractivity contribution is 6.00.